The van der Waals surface area contributed by atoms with Crippen molar-refractivity contribution in [3.63, 3.8) is 0 Å². The molecule has 10 heteroatoms. The zero-order valence-electron chi connectivity index (χ0n) is 18.3. The fourth-order valence-electron chi connectivity index (χ4n) is 4.21. The van der Waals surface area contributed by atoms with Crippen molar-refractivity contribution in [1.29, 1.82) is 0 Å². The minimum Gasteiger partial charge on any atom is -0.318 e. The van der Waals surface area contributed by atoms with Crippen LogP contribution in [-0.4, -0.2) is 30.3 Å². The molecule has 1 amide bonds. The minimum absolute atomic E-state index is 0.00136. The molecule has 176 valence electrons. The van der Waals surface area contributed by atoms with Crippen LogP contribution in [0.15, 0.2) is 67.0 Å². The number of nitrogens with zero attached hydrogens (tertiary/aromatic N) is 5. The van der Waals surface area contributed by atoms with Gasteiger partial charge in [0.05, 0.1) is 18.4 Å². The summed E-state index contributed by atoms with van der Waals surface area (Å²) in [7, 11) is 0. The summed E-state index contributed by atoms with van der Waals surface area (Å²) >= 11 is 0. The van der Waals surface area contributed by atoms with Crippen LogP contribution in [0.25, 0.3) is 16.4 Å². The van der Waals surface area contributed by atoms with Gasteiger partial charge in [-0.05, 0) is 35.2 Å². The molecule has 3 heterocycles. The second-order valence-electron chi connectivity index (χ2n) is 8.66. The summed E-state index contributed by atoms with van der Waals surface area (Å²) in [5, 5.41) is 13.1. The molecular weight excluding hydrogens is 457 g/mol. The number of fused-ring (bicyclic) bond motifs is 2. The van der Waals surface area contributed by atoms with Crippen LogP contribution in [-0.2, 0) is 12.7 Å². The molecule has 2 aromatic carbocycles. The van der Waals surface area contributed by atoms with Gasteiger partial charge in [0.2, 0.25) is 0 Å². The van der Waals surface area contributed by atoms with E-state index in [2.05, 4.69) is 20.5 Å². The molecule has 0 unspecified atom stereocenters. The Hall–Kier alpha value is -4.21. The molecular formula is C25H19F3N6O. The molecule has 1 aliphatic carbocycles. The highest BCUT2D eigenvalue weighted by atomic mass is 19.4. The van der Waals surface area contributed by atoms with Crippen molar-refractivity contribution < 1.29 is 18.0 Å². The summed E-state index contributed by atoms with van der Waals surface area (Å²) in [6, 6.07) is 16.4. The van der Waals surface area contributed by atoms with Gasteiger partial charge in [0.15, 0.2) is 11.3 Å². The van der Waals surface area contributed by atoms with E-state index < -0.39 is 17.8 Å². The second kappa shape index (κ2) is 7.93. The Morgan fingerprint density at radius 2 is 1.89 bits per heavy atom. The molecule has 0 aliphatic heterocycles. The monoisotopic (exact) mass is 476 g/mol. The lowest BCUT2D eigenvalue weighted by Crippen LogP contribution is -2.16. The van der Waals surface area contributed by atoms with Crippen molar-refractivity contribution in [2.45, 2.75) is 31.5 Å². The SMILES string of the molecule is O=C(Nc1cnn(Cc2cccc3ccccc23)c1)c1cc2nc(C3CC3)cc(C(F)(F)F)n2n1. The lowest BCUT2D eigenvalue weighted by atomic mass is 10.0. The summed E-state index contributed by atoms with van der Waals surface area (Å²) in [5.74, 6) is -0.609. The Labute approximate surface area is 197 Å². The number of carbonyl (C=O) groups excluding carboxylic acids is 1. The number of hydrogen-bond donors (Lipinski definition) is 1. The van der Waals surface area contributed by atoms with E-state index in [1.165, 1.54) is 12.3 Å². The summed E-state index contributed by atoms with van der Waals surface area (Å²) in [4.78, 5) is 17.1. The average molecular weight is 476 g/mol. The van der Waals surface area contributed by atoms with Crippen LogP contribution < -0.4 is 5.32 Å². The van der Waals surface area contributed by atoms with E-state index in [1.54, 1.807) is 10.9 Å². The number of alkyl halides is 3. The molecule has 5 aromatic rings. The summed E-state index contributed by atoms with van der Waals surface area (Å²) < 4.78 is 43.2. The average Bonchev–Trinajstić information content (AvgIpc) is 3.45. The number of amides is 1. The molecule has 0 spiro atoms. The molecule has 35 heavy (non-hydrogen) atoms. The van der Waals surface area contributed by atoms with Gasteiger partial charge in [-0.25, -0.2) is 9.50 Å². The number of nitrogens with one attached hydrogen (secondary N) is 1. The summed E-state index contributed by atoms with van der Waals surface area (Å²) in [6.45, 7) is 0.494. The Morgan fingerprint density at radius 1 is 1.09 bits per heavy atom. The second-order valence-corrected chi connectivity index (χ2v) is 8.66. The van der Waals surface area contributed by atoms with E-state index >= 15 is 0 Å². The molecule has 7 nitrogen and oxygen atoms in total. The third-order valence-electron chi connectivity index (χ3n) is 6.07. The lowest BCUT2D eigenvalue weighted by Gasteiger charge is -2.10. The number of hydrogen-bond acceptors (Lipinski definition) is 4. The first-order chi connectivity index (χ1) is 16.8. The van der Waals surface area contributed by atoms with E-state index in [-0.39, 0.29) is 17.3 Å². The molecule has 1 saturated carbocycles. The molecule has 6 rings (SSSR count). The number of rotatable bonds is 5. The van der Waals surface area contributed by atoms with Gasteiger partial charge in [-0.1, -0.05) is 42.5 Å². The first-order valence-electron chi connectivity index (χ1n) is 11.1. The van der Waals surface area contributed by atoms with Crippen molar-refractivity contribution in [1.82, 2.24) is 24.4 Å². The smallest absolute Gasteiger partial charge is 0.318 e. The normalized spacial score (nSPS) is 14.0. The molecule has 1 aliphatic rings. The first-order valence-corrected chi connectivity index (χ1v) is 11.1. The zero-order chi connectivity index (χ0) is 24.2. The van der Waals surface area contributed by atoms with Crippen LogP contribution in [0.3, 0.4) is 0 Å². The third kappa shape index (κ3) is 4.11. The predicted octanol–water partition coefficient (Wildman–Crippen LogP) is 5.28. The van der Waals surface area contributed by atoms with E-state index in [1.807, 2.05) is 42.5 Å². The van der Waals surface area contributed by atoms with Gasteiger partial charge >= 0.3 is 6.18 Å². The Balaban J connectivity index is 1.24. The van der Waals surface area contributed by atoms with Gasteiger partial charge < -0.3 is 5.32 Å². The van der Waals surface area contributed by atoms with Crippen LogP contribution in [0.5, 0.6) is 0 Å². The topological polar surface area (TPSA) is 77.1 Å². The van der Waals surface area contributed by atoms with Crippen LogP contribution >= 0.6 is 0 Å². The highest BCUT2D eigenvalue weighted by Crippen LogP contribution is 2.41. The lowest BCUT2D eigenvalue weighted by molar-refractivity contribution is -0.142. The number of benzene rings is 2. The van der Waals surface area contributed by atoms with Crippen molar-refractivity contribution in [2.75, 3.05) is 5.32 Å². The standard InChI is InChI=1S/C25H19F3N6O/c26-25(27,28)22-10-20(16-8-9-16)31-23-11-21(32-34(22)23)24(35)30-18-12-29-33(14-18)13-17-6-3-5-15-4-1-2-7-19(15)17/h1-7,10-12,14,16H,8-9,13H2,(H,30,35). The van der Waals surface area contributed by atoms with Gasteiger partial charge in [0.25, 0.3) is 5.91 Å². The Bertz CT molecular complexity index is 1580. The van der Waals surface area contributed by atoms with Crippen molar-refractivity contribution in [3.05, 3.63) is 89.6 Å². The van der Waals surface area contributed by atoms with Gasteiger partial charge in [-0.15, -0.1) is 0 Å². The van der Waals surface area contributed by atoms with E-state index in [9.17, 15) is 18.0 Å². The maximum atomic E-state index is 13.6. The fraction of sp³-hybridized carbons (Fsp3) is 0.200. The Morgan fingerprint density at radius 3 is 2.69 bits per heavy atom. The fourth-order valence-corrected chi connectivity index (χ4v) is 4.21. The van der Waals surface area contributed by atoms with Gasteiger partial charge in [0, 0.05) is 23.9 Å². The van der Waals surface area contributed by atoms with E-state index in [4.69, 9.17) is 0 Å². The van der Waals surface area contributed by atoms with Crippen molar-refractivity contribution in [2.24, 2.45) is 0 Å². The number of aromatic nitrogens is 5. The third-order valence-corrected chi connectivity index (χ3v) is 6.07. The molecule has 1 N–H and O–H groups in total. The molecule has 1 fully saturated rings. The number of carbonyl (C=O) groups is 1. The van der Waals surface area contributed by atoms with E-state index in [0.29, 0.717) is 22.4 Å². The summed E-state index contributed by atoms with van der Waals surface area (Å²) in [5.41, 5.74) is 0.769. The van der Waals surface area contributed by atoms with Crippen LogP contribution in [0, 0.1) is 0 Å². The molecule has 0 radical (unpaired) electrons. The minimum atomic E-state index is -4.62. The van der Waals surface area contributed by atoms with Gasteiger partial charge in [-0.2, -0.15) is 23.4 Å². The van der Waals surface area contributed by atoms with Gasteiger partial charge in [-0.3, -0.25) is 9.48 Å². The van der Waals surface area contributed by atoms with Crippen molar-refractivity contribution >= 4 is 28.0 Å². The van der Waals surface area contributed by atoms with Gasteiger partial charge in [0.1, 0.15) is 5.69 Å². The highest BCUT2D eigenvalue weighted by molar-refractivity contribution is 6.03. The van der Waals surface area contributed by atoms with Crippen LogP contribution in [0.4, 0.5) is 18.9 Å². The molecule has 0 saturated heterocycles. The maximum absolute atomic E-state index is 13.6. The largest absolute Gasteiger partial charge is 0.433 e. The van der Waals surface area contributed by atoms with E-state index in [0.717, 1.165) is 35.2 Å². The number of halogens is 3. The highest BCUT2D eigenvalue weighted by Gasteiger charge is 2.37. The number of anilines is 1. The maximum Gasteiger partial charge on any atom is 0.433 e. The Kier molecular flexibility index (Phi) is 4.84. The molecule has 0 atom stereocenters. The quantitative estimate of drug-likeness (QED) is 0.375. The summed E-state index contributed by atoms with van der Waals surface area (Å²) in [6.07, 6.45) is 0.159. The van der Waals surface area contributed by atoms with Crippen LogP contribution in [0.2, 0.25) is 0 Å². The first kappa shape index (κ1) is 21.3. The molecule has 3 aromatic heterocycles. The van der Waals surface area contributed by atoms with Crippen molar-refractivity contribution in [3.8, 4) is 0 Å². The van der Waals surface area contributed by atoms with Crippen LogP contribution in [0.1, 0.15) is 46.2 Å². The zero-order valence-corrected chi connectivity index (χ0v) is 18.3. The predicted molar refractivity (Wildman–Crippen MR) is 123 cm³/mol. The molecule has 0 bridgehead atoms.